The maximum Gasteiger partial charge on any atom is 0.324 e. The van der Waals surface area contributed by atoms with E-state index in [2.05, 4.69) is 46.3 Å². The van der Waals surface area contributed by atoms with Crippen LogP contribution in [-0.2, 0) is 10.2 Å². The molecule has 0 spiro atoms. The number of urea groups is 1. The number of amides is 3. The SMILES string of the molecule is CCNC(=NCC1(c2ccccc2)CCCC1)NCCN1C(=O)CNC1=O. The van der Waals surface area contributed by atoms with E-state index in [0.717, 1.165) is 31.9 Å². The van der Waals surface area contributed by atoms with E-state index >= 15 is 0 Å². The number of carbonyl (C=O) groups excluding carboxylic acids is 2. The first kappa shape index (κ1) is 19.2. The molecule has 0 unspecified atom stereocenters. The number of imide groups is 1. The first-order valence-corrected chi connectivity index (χ1v) is 9.80. The third kappa shape index (κ3) is 4.59. The molecular formula is C20H29N5O2. The zero-order valence-electron chi connectivity index (χ0n) is 16.0. The van der Waals surface area contributed by atoms with E-state index in [-0.39, 0.29) is 23.9 Å². The number of hydrogen-bond acceptors (Lipinski definition) is 3. The summed E-state index contributed by atoms with van der Waals surface area (Å²) in [6.07, 6.45) is 4.78. The van der Waals surface area contributed by atoms with Crippen LogP contribution in [0.4, 0.5) is 4.79 Å². The van der Waals surface area contributed by atoms with E-state index in [1.165, 1.54) is 23.3 Å². The molecule has 146 valence electrons. The maximum absolute atomic E-state index is 11.7. The van der Waals surface area contributed by atoms with E-state index < -0.39 is 0 Å². The van der Waals surface area contributed by atoms with E-state index in [4.69, 9.17) is 4.99 Å². The van der Waals surface area contributed by atoms with Gasteiger partial charge in [-0.1, -0.05) is 43.2 Å². The summed E-state index contributed by atoms with van der Waals surface area (Å²) in [5.74, 6) is 0.546. The van der Waals surface area contributed by atoms with Crippen molar-refractivity contribution in [1.29, 1.82) is 0 Å². The molecule has 1 heterocycles. The Balaban J connectivity index is 1.62. The van der Waals surface area contributed by atoms with Crippen molar-refractivity contribution in [2.75, 3.05) is 32.7 Å². The molecule has 1 aromatic carbocycles. The van der Waals surface area contributed by atoms with Gasteiger partial charge in [-0.05, 0) is 25.3 Å². The maximum atomic E-state index is 11.7. The summed E-state index contributed by atoms with van der Waals surface area (Å²) in [5.41, 5.74) is 1.47. The van der Waals surface area contributed by atoms with Crippen molar-refractivity contribution in [2.45, 2.75) is 38.0 Å². The first-order chi connectivity index (χ1) is 13.1. The Labute approximate surface area is 160 Å². The second-order valence-electron chi connectivity index (χ2n) is 7.18. The second-order valence-corrected chi connectivity index (χ2v) is 7.18. The molecule has 3 rings (SSSR count). The predicted molar refractivity (Wildman–Crippen MR) is 106 cm³/mol. The van der Waals surface area contributed by atoms with Gasteiger partial charge in [0.15, 0.2) is 5.96 Å². The fraction of sp³-hybridized carbons (Fsp3) is 0.550. The first-order valence-electron chi connectivity index (χ1n) is 9.80. The minimum atomic E-state index is -0.322. The summed E-state index contributed by atoms with van der Waals surface area (Å²) >= 11 is 0. The van der Waals surface area contributed by atoms with Crippen LogP contribution in [0.25, 0.3) is 0 Å². The summed E-state index contributed by atoms with van der Waals surface area (Å²) in [5, 5.41) is 9.04. The summed E-state index contributed by atoms with van der Waals surface area (Å²) < 4.78 is 0. The second kappa shape index (κ2) is 8.88. The number of rotatable bonds is 7. The lowest BCUT2D eigenvalue weighted by Gasteiger charge is -2.28. The lowest BCUT2D eigenvalue weighted by molar-refractivity contribution is -0.124. The van der Waals surface area contributed by atoms with Crippen molar-refractivity contribution in [3.63, 3.8) is 0 Å². The largest absolute Gasteiger partial charge is 0.357 e. The van der Waals surface area contributed by atoms with Gasteiger partial charge in [-0.2, -0.15) is 0 Å². The van der Waals surface area contributed by atoms with Crippen LogP contribution in [0, 0.1) is 0 Å². The normalized spacial score (nSPS) is 19.3. The minimum Gasteiger partial charge on any atom is -0.357 e. The molecule has 2 aliphatic rings. The fourth-order valence-electron chi connectivity index (χ4n) is 3.92. The average molecular weight is 371 g/mol. The molecule has 7 nitrogen and oxygen atoms in total. The van der Waals surface area contributed by atoms with Crippen LogP contribution in [0.1, 0.15) is 38.2 Å². The molecule has 2 fully saturated rings. The van der Waals surface area contributed by atoms with Crippen molar-refractivity contribution in [1.82, 2.24) is 20.9 Å². The fourth-order valence-corrected chi connectivity index (χ4v) is 3.92. The number of carbonyl (C=O) groups is 2. The van der Waals surface area contributed by atoms with Crippen LogP contribution in [0.3, 0.4) is 0 Å². The Morgan fingerprint density at radius 1 is 1.19 bits per heavy atom. The number of aliphatic imine (C=N–C) groups is 1. The Morgan fingerprint density at radius 3 is 2.56 bits per heavy atom. The van der Waals surface area contributed by atoms with Crippen LogP contribution in [0.5, 0.6) is 0 Å². The van der Waals surface area contributed by atoms with Gasteiger partial charge in [-0.3, -0.25) is 14.7 Å². The zero-order chi connectivity index (χ0) is 19.1. The van der Waals surface area contributed by atoms with Gasteiger partial charge in [0, 0.05) is 25.0 Å². The highest BCUT2D eigenvalue weighted by Crippen LogP contribution is 2.41. The molecule has 3 amide bonds. The molecule has 1 aliphatic carbocycles. The Bertz CT molecular complexity index is 667. The molecule has 1 saturated carbocycles. The standard InChI is InChI=1S/C20H29N5O2/c1-2-21-18(22-12-13-25-17(26)14-23-19(25)27)24-15-20(10-6-7-11-20)16-8-4-3-5-9-16/h3-5,8-9H,2,6-7,10-15H2,1H3,(H,23,27)(H2,21,22,24). The van der Waals surface area contributed by atoms with Gasteiger partial charge in [-0.25, -0.2) is 4.79 Å². The lowest BCUT2D eigenvalue weighted by atomic mass is 9.79. The summed E-state index contributed by atoms with van der Waals surface area (Å²) in [4.78, 5) is 29.3. The van der Waals surface area contributed by atoms with E-state index in [1.807, 2.05) is 6.92 Å². The van der Waals surface area contributed by atoms with Crippen LogP contribution in [0.2, 0.25) is 0 Å². The summed E-state index contributed by atoms with van der Waals surface area (Å²) in [6, 6.07) is 10.3. The van der Waals surface area contributed by atoms with Crippen molar-refractivity contribution >= 4 is 17.9 Å². The zero-order valence-corrected chi connectivity index (χ0v) is 16.0. The van der Waals surface area contributed by atoms with Gasteiger partial charge >= 0.3 is 6.03 Å². The number of hydrogen-bond donors (Lipinski definition) is 3. The molecule has 0 aromatic heterocycles. The van der Waals surface area contributed by atoms with Gasteiger partial charge < -0.3 is 16.0 Å². The third-order valence-electron chi connectivity index (χ3n) is 5.40. The number of guanidine groups is 1. The average Bonchev–Trinajstić information content (AvgIpc) is 3.29. The van der Waals surface area contributed by atoms with Crippen LogP contribution in [0.15, 0.2) is 35.3 Å². The molecular weight excluding hydrogens is 342 g/mol. The molecule has 1 aliphatic heterocycles. The molecule has 0 bridgehead atoms. The van der Waals surface area contributed by atoms with Gasteiger partial charge in [0.1, 0.15) is 0 Å². The van der Waals surface area contributed by atoms with Gasteiger partial charge in [0.05, 0.1) is 13.1 Å². The van der Waals surface area contributed by atoms with Crippen LogP contribution >= 0.6 is 0 Å². The minimum absolute atomic E-state index is 0.0899. The lowest BCUT2D eigenvalue weighted by Crippen LogP contribution is -2.43. The van der Waals surface area contributed by atoms with E-state index in [0.29, 0.717) is 13.1 Å². The van der Waals surface area contributed by atoms with Crippen LogP contribution in [-0.4, -0.2) is 55.5 Å². The predicted octanol–water partition coefficient (Wildman–Crippen LogP) is 1.61. The van der Waals surface area contributed by atoms with E-state index in [1.54, 1.807) is 0 Å². The third-order valence-corrected chi connectivity index (χ3v) is 5.40. The number of benzene rings is 1. The smallest absolute Gasteiger partial charge is 0.324 e. The van der Waals surface area contributed by atoms with E-state index in [9.17, 15) is 9.59 Å². The monoisotopic (exact) mass is 371 g/mol. The number of nitrogens with one attached hydrogen (secondary N) is 3. The highest BCUT2D eigenvalue weighted by atomic mass is 16.2. The van der Waals surface area contributed by atoms with Crippen molar-refractivity contribution in [2.24, 2.45) is 4.99 Å². The molecule has 1 aromatic rings. The van der Waals surface area contributed by atoms with Gasteiger partial charge in [-0.15, -0.1) is 0 Å². The molecule has 0 atom stereocenters. The molecule has 7 heteroatoms. The Morgan fingerprint density at radius 2 is 1.93 bits per heavy atom. The summed E-state index contributed by atoms with van der Waals surface area (Å²) in [6.45, 7) is 4.41. The number of nitrogens with zero attached hydrogens (tertiary/aromatic N) is 2. The van der Waals surface area contributed by atoms with Crippen molar-refractivity contribution in [3.8, 4) is 0 Å². The topological polar surface area (TPSA) is 85.8 Å². The summed E-state index contributed by atoms with van der Waals surface area (Å²) in [7, 11) is 0. The highest BCUT2D eigenvalue weighted by Gasteiger charge is 2.35. The van der Waals surface area contributed by atoms with Crippen LogP contribution < -0.4 is 16.0 Å². The molecule has 3 N–H and O–H groups in total. The molecule has 0 radical (unpaired) electrons. The van der Waals surface area contributed by atoms with Gasteiger partial charge in [0.2, 0.25) is 5.91 Å². The molecule has 27 heavy (non-hydrogen) atoms. The Kier molecular flexibility index (Phi) is 6.32. The molecule has 1 saturated heterocycles. The van der Waals surface area contributed by atoms with Crippen molar-refractivity contribution < 1.29 is 9.59 Å². The Hall–Kier alpha value is -2.57. The van der Waals surface area contributed by atoms with Crippen molar-refractivity contribution in [3.05, 3.63) is 35.9 Å². The highest BCUT2D eigenvalue weighted by molar-refractivity contribution is 6.01. The van der Waals surface area contributed by atoms with Gasteiger partial charge in [0.25, 0.3) is 0 Å². The quantitative estimate of drug-likeness (QED) is 0.386.